The molecule has 1 unspecified atom stereocenters. The molecule has 0 saturated carbocycles. The highest BCUT2D eigenvalue weighted by atomic mass is 79.9. The first-order chi connectivity index (χ1) is 15.3. The Labute approximate surface area is 211 Å². The molecule has 0 fully saturated rings. The molecule has 0 radical (unpaired) electrons. The van der Waals surface area contributed by atoms with E-state index in [1.54, 1.807) is 24.3 Å². The second-order valence-corrected chi connectivity index (χ2v) is 10.6. The van der Waals surface area contributed by atoms with Crippen molar-refractivity contribution in [3.8, 4) is 0 Å². The highest BCUT2D eigenvalue weighted by molar-refractivity contribution is 9.10. The molecule has 8 heteroatoms. The van der Waals surface area contributed by atoms with E-state index in [4.69, 9.17) is 0 Å². The zero-order valence-electron chi connectivity index (χ0n) is 17.0. The van der Waals surface area contributed by atoms with Gasteiger partial charge in [-0.2, -0.15) is 0 Å². The zero-order valence-corrected chi connectivity index (χ0v) is 21.8. The number of ketones is 2. The maximum absolute atomic E-state index is 13.3. The largest absolute Gasteiger partial charge is 0.348 e. The van der Waals surface area contributed by atoms with Crippen molar-refractivity contribution in [1.29, 1.82) is 0 Å². The van der Waals surface area contributed by atoms with Crippen LogP contribution >= 0.6 is 54.5 Å². The fraction of sp³-hybridized carbons (Fsp3) is 0.125. The van der Waals surface area contributed by atoms with E-state index >= 15 is 0 Å². The van der Waals surface area contributed by atoms with Gasteiger partial charge in [-0.1, -0.05) is 30.3 Å². The Morgan fingerprint density at radius 3 is 1.78 bits per heavy atom. The molecule has 3 rings (SSSR count). The van der Waals surface area contributed by atoms with E-state index in [-0.39, 0.29) is 17.5 Å². The smallest absolute Gasteiger partial charge is 0.217 e. The molecule has 0 saturated heterocycles. The first-order valence-electron chi connectivity index (χ1n) is 9.57. The number of hydrogen-bond acceptors (Lipinski definition) is 5. The number of halogens is 2. The number of benzene rings is 1. The number of carbonyl (C=O) groups excluding carboxylic acids is 3. The lowest BCUT2D eigenvalue weighted by Crippen LogP contribution is -2.39. The number of carbonyl (C=O) groups is 3. The minimum Gasteiger partial charge on any atom is -0.348 e. The molecule has 0 spiro atoms. The summed E-state index contributed by atoms with van der Waals surface area (Å²) in [5.41, 5.74) is 0.689. The standard InChI is InChI=1S/C24H19Br2NO3S2/c1-15(28)27-24(16-5-3-2-4-6-16)23(21(29)9-7-19-11-17(25)13-31-19)22(30)10-8-20-12-18(26)14-32-20/h2-14,23-24H,1H3,(H,27,28)/b9-7+,10-8+. The third-order valence-corrected chi connectivity index (χ3v) is 7.78. The summed E-state index contributed by atoms with van der Waals surface area (Å²) < 4.78 is 1.85. The molecule has 4 nitrogen and oxygen atoms in total. The summed E-state index contributed by atoms with van der Waals surface area (Å²) in [5, 5.41) is 6.64. The fourth-order valence-corrected chi connectivity index (χ4v) is 5.75. The zero-order chi connectivity index (χ0) is 23.1. The van der Waals surface area contributed by atoms with Gasteiger partial charge in [0.15, 0.2) is 11.6 Å². The van der Waals surface area contributed by atoms with Crippen LogP contribution in [0.15, 0.2) is 74.3 Å². The molecular weight excluding hydrogens is 574 g/mol. The van der Waals surface area contributed by atoms with Crippen LogP contribution in [0.1, 0.15) is 28.3 Å². The summed E-state index contributed by atoms with van der Waals surface area (Å²) in [6.07, 6.45) is 6.20. The predicted molar refractivity (Wildman–Crippen MR) is 139 cm³/mol. The van der Waals surface area contributed by atoms with E-state index in [0.717, 1.165) is 18.7 Å². The van der Waals surface area contributed by atoms with Crippen molar-refractivity contribution in [3.63, 3.8) is 0 Å². The fourth-order valence-electron chi connectivity index (χ4n) is 3.07. The van der Waals surface area contributed by atoms with Crippen LogP contribution in [0.25, 0.3) is 12.2 Å². The lowest BCUT2D eigenvalue weighted by atomic mass is 9.85. The normalized spacial score (nSPS) is 12.5. The van der Waals surface area contributed by atoms with Crippen LogP contribution in [0.4, 0.5) is 0 Å². The summed E-state index contributed by atoms with van der Waals surface area (Å²) in [6.45, 7) is 1.37. The molecule has 2 heterocycles. The van der Waals surface area contributed by atoms with Gasteiger partial charge in [0, 0.05) is 36.4 Å². The maximum atomic E-state index is 13.3. The van der Waals surface area contributed by atoms with E-state index in [1.807, 2.05) is 41.1 Å². The van der Waals surface area contributed by atoms with Crippen molar-refractivity contribution < 1.29 is 14.4 Å². The van der Waals surface area contributed by atoms with Crippen molar-refractivity contribution in [3.05, 3.63) is 89.6 Å². The monoisotopic (exact) mass is 591 g/mol. The molecule has 3 aromatic rings. The van der Waals surface area contributed by atoms with Crippen LogP contribution in [0.3, 0.4) is 0 Å². The molecule has 1 amide bonds. The van der Waals surface area contributed by atoms with E-state index in [0.29, 0.717) is 5.56 Å². The van der Waals surface area contributed by atoms with Crippen LogP contribution in [0.5, 0.6) is 0 Å². The first kappa shape index (κ1) is 24.5. The number of nitrogens with one attached hydrogen (secondary N) is 1. The van der Waals surface area contributed by atoms with Crippen LogP contribution < -0.4 is 5.32 Å². The first-order valence-corrected chi connectivity index (χ1v) is 12.9. The Kier molecular flexibility index (Phi) is 8.92. The Morgan fingerprint density at radius 2 is 1.38 bits per heavy atom. The molecule has 1 aromatic carbocycles. The average molecular weight is 593 g/mol. The van der Waals surface area contributed by atoms with Crippen LogP contribution in [0.2, 0.25) is 0 Å². The van der Waals surface area contributed by atoms with E-state index in [2.05, 4.69) is 37.2 Å². The number of rotatable bonds is 9. The highest BCUT2D eigenvalue weighted by Crippen LogP contribution is 2.27. The van der Waals surface area contributed by atoms with Gasteiger partial charge in [-0.3, -0.25) is 14.4 Å². The second kappa shape index (κ2) is 11.7. The topological polar surface area (TPSA) is 63.2 Å². The molecule has 0 bridgehead atoms. The Balaban J connectivity index is 1.96. The lowest BCUT2D eigenvalue weighted by molar-refractivity contribution is -0.129. The van der Waals surface area contributed by atoms with Gasteiger partial charge in [0.05, 0.1) is 6.04 Å². The van der Waals surface area contributed by atoms with Gasteiger partial charge in [0.2, 0.25) is 5.91 Å². The number of amides is 1. The van der Waals surface area contributed by atoms with Crippen molar-refractivity contribution in [2.24, 2.45) is 5.92 Å². The molecule has 0 aliphatic rings. The molecule has 0 aliphatic carbocycles. The predicted octanol–water partition coefficient (Wildman–Crippen LogP) is 6.69. The van der Waals surface area contributed by atoms with Crippen LogP contribution in [-0.4, -0.2) is 17.5 Å². The van der Waals surface area contributed by atoms with E-state index in [1.165, 1.54) is 41.7 Å². The highest BCUT2D eigenvalue weighted by Gasteiger charge is 2.33. The van der Waals surface area contributed by atoms with Gasteiger partial charge >= 0.3 is 0 Å². The molecular formula is C24H19Br2NO3S2. The molecule has 0 aliphatic heterocycles. The number of hydrogen-bond donors (Lipinski definition) is 1. The quantitative estimate of drug-likeness (QED) is 0.222. The van der Waals surface area contributed by atoms with Crippen molar-refractivity contribution in [2.45, 2.75) is 13.0 Å². The minimum atomic E-state index is -1.10. The Morgan fingerprint density at radius 1 is 0.875 bits per heavy atom. The van der Waals surface area contributed by atoms with Gasteiger partial charge in [-0.15, -0.1) is 22.7 Å². The molecule has 1 atom stereocenters. The van der Waals surface area contributed by atoms with Crippen molar-refractivity contribution >= 4 is 84.2 Å². The molecule has 2 aromatic heterocycles. The molecule has 1 N–H and O–H groups in total. The van der Waals surface area contributed by atoms with Gasteiger partial charge in [-0.25, -0.2) is 0 Å². The van der Waals surface area contributed by atoms with Crippen LogP contribution in [0, 0.1) is 5.92 Å². The average Bonchev–Trinajstić information content (AvgIpc) is 3.38. The van der Waals surface area contributed by atoms with E-state index in [9.17, 15) is 14.4 Å². The summed E-state index contributed by atoms with van der Waals surface area (Å²) in [4.78, 5) is 40.3. The maximum Gasteiger partial charge on any atom is 0.217 e. The number of thiophene rings is 2. The van der Waals surface area contributed by atoms with Gasteiger partial charge in [0.1, 0.15) is 5.92 Å². The molecule has 164 valence electrons. The van der Waals surface area contributed by atoms with Crippen LogP contribution in [-0.2, 0) is 14.4 Å². The summed E-state index contributed by atoms with van der Waals surface area (Å²) in [6, 6.07) is 12.1. The van der Waals surface area contributed by atoms with E-state index < -0.39 is 12.0 Å². The lowest BCUT2D eigenvalue weighted by Gasteiger charge is -2.24. The third kappa shape index (κ3) is 6.93. The summed E-state index contributed by atoms with van der Waals surface area (Å²) in [5.74, 6) is -2.17. The summed E-state index contributed by atoms with van der Waals surface area (Å²) >= 11 is 9.75. The van der Waals surface area contributed by atoms with Gasteiger partial charge in [0.25, 0.3) is 0 Å². The van der Waals surface area contributed by atoms with Gasteiger partial charge in [-0.05, 0) is 73.9 Å². The minimum absolute atomic E-state index is 0.318. The Hall–Kier alpha value is -2.13. The summed E-state index contributed by atoms with van der Waals surface area (Å²) in [7, 11) is 0. The van der Waals surface area contributed by atoms with Gasteiger partial charge < -0.3 is 5.32 Å². The number of allylic oxidation sites excluding steroid dienone is 2. The SMILES string of the molecule is CC(=O)NC(c1ccccc1)C(C(=O)/C=C/c1cc(Br)cs1)C(=O)/C=C/c1cc(Br)cs1. The van der Waals surface area contributed by atoms with Crippen molar-refractivity contribution in [1.82, 2.24) is 5.32 Å². The second-order valence-electron chi connectivity index (χ2n) is 6.87. The van der Waals surface area contributed by atoms with Crippen molar-refractivity contribution in [2.75, 3.05) is 0 Å². The Bertz CT molecular complexity index is 1100. The molecule has 32 heavy (non-hydrogen) atoms. The third-order valence-electron chi connectivity index (χ3n) is 4.46.